The Bertz CT molecular complexity index is 528. The van der Waals surface area contributed by atoms with E-state index in [1.54, 1.807) is 5.56 Å². The van der Waals surface area contributed by atoms with Gasteiger partial charge in [-0.25, -0.2) is 0 Å². The van der Waals surface area contributed by atoms with Gasteiger partial charge in [0.2, 0.25) is 0 Å². The minimum atomic E-state index is 0.935. The lowest BCUT2D eigenvalue weighted by atomic mass is 9.72. The molecule has 0 spiro atoms. The summed E-state index contributed by atoms with van der Waals surface area (Å²) in [6.45, 7) is 4.59. The molecule has 2 aliphatic carbocycles. The Morgan fingerprint density at radius 3 is 1.97 bits per heavy atom. The van der Waals surface area contributed by atoms with Crippen molar-refractivity contribution in [3.8, 4) is 0 Å². The molecular formula is C29H48. The van der Waals surface area contributed by atoms with Gasteiger partial charge in [-0.05, 0) is 54.1 Å². The van der Waals surface area contributed by atoms with Crippen LogP contribution in [-0.4, -0.2) is 0 Å². The highest BCUT2D eigenvalue weighted by Crippen LogP contribution is 2.39. The fourth-order valence-electron chi connectivity index (χ4n) is 6.27. The van der Waals surface area contributed by atoms with E-state index in [-0.39, 0.29) is 0 Å². The lowest BCUT2D eigenvalue weighted by Gasteiger charge is -2.33. The largest absolute Gasteiger partial charge is 0.0654 e. The van der Waals surface area contributed by atoms with Crippen molar-refractivity contribution in [2.45, 2.75) is 123 Å². The molecule has 1 aromatic carbocycles. The Kier molecular flexibility index (Phi) is 10.1. The summed E-state index contributed by atoms with van der Waals surface area (Å²) in [5, 5.41) is 0. The zero-order chi connectivity index (χ0) is 20.3. The Hall–Kier alpha value is -0.780. The minimum absolute atomic E-state index is 0.935. The number of benzene rings is 1. The molecule has 0 bridgehead atoms. The third kappa shape index (κ3) is 7.76. The molecule has 0 radical (unpaired) electrons. The summed E-state index contributed by atoms with van der Waals surface area (Å²) in [5.41, 5.74) is 3.08. The Morgan fingerprint density at radius 2 is 1.34 bits per heavy atom. The van der Waals surface area contributed by atoms with Gasteiger partial charge in [0, 0.05) is 0 Å². The normalized spacial score (nSPS) is 24.5. The summed E-state index contributed by atoms with van der Waals surface area (Å²) in [4.78, 5) is 0. The standard InChI is InChI=1S/C29H48/c1-3-5-7-10-25-15-17-26(18-16-25)21-22-29(28-11-8-6-9-12-28)23-27-19-13-24(4-2)14-20-27/h13-14,19-20,25-26,28-29H,3-12,15-18,21-23H2,1-2H3. The highest BCUT2D eigenvalue weighted by atomic mass is 14.3. The van der Waals surface area contributed by atoms with Crippen molar-refractivity contribution < 1.29 is 0 Å². The lowest BCUT2D eigenvalue weighted by Crippen LogP contribution is -2.22. The van der Waals surface area contributed by atoms with Gasteiger partial charge >= 0.3 is 0 Å². The number of hydrogen-bond acceptors (Lipinski definition) is 0. The zero-order valence-corrected chi connectivity index (χ0v) is 19.6. The van der Waals surface area contributed by atoms with Crippen LogP contribution in [0.15, 0.2) is 24.3 Å². The maximum absolute atomic E-state index is 2.43. The van der Waals surface area contributed by atoms with Crippen LogP contribution in [-0.2, 0) is 12.8 Å². The van der Waals surface area contributed by atoms with Crippen LogP contribution in [0.1, 0.15) is 121 Å². The van der Waals surface area contributed by atoms with E-state index in [9.17, 15) is 0 Å². The van der Waals surface area contributed by atoms with Crippen LogP contribution in [0.2, 0.25) is 0 Å². The van der Waals surface area contributed by atoms with Gasteiger partial charge in [0.05, 0.1) is 0 Å². The van der Waals surface area contributed by atoms with E-state index in [0.29, 0.717) is 0 Å². The maximum Gasteiger partial charge on any atom is -0.0248 e. The molecule has 0 aliphatic heterocycles. The van der Waals surface area contributed by atoms with Gasteiger partial charge in [-0.15, -0.1) is 0 Å². The highest BCUT2D eigenvalue weighted by molar-refractivity contribution is 5.23. The number of aryl methyl sites for hydroxylation is 1. The first-order chi connectivity index (χ1) is 14.3. The predicted molar refractivity (Wildman–Crippen MR) is 128 cm³/mol. The summed E-state index contributed by atoms with van der Waals surface area (Å²) >= 11 is 0. The summed E-state index contributed by atoms with van der Waals surface area (Å²) < 4.78 is 0. The van der Waals surface area contributed by atoms with Crippen molar-refractivity contribution in [1.29, 1.82) is 0 Å². The zero-order valence-electron chi connectivity index (χ0n) is 19.6. The Balaban J connectivity index is 1.48. The topological polar surface area (TPSA) is 0 Å². The van der Waals surface area contributed by atoms with Crippen LogP contribution in [0.5, 0.6) is 0 Å². The minimum Gasteiger partial charge on any atom is -0.0654 e. The van der Waals surface area contributed by atoms with E-state index in [0.717, 1.165) is 30.1 Å². The molecule has 0 saturated heterocycles. The second-order valence-corrected chi connectivity index (χ2v) is 10.5. The third-order valence-corrected chi connectivity index (χ3v) is 8.37. The van der Waals surface area contributed by atoms with Gasteiger partial charge in [-0.1, -0.05) is 128 Å². The fourth-order valence-corrected chi connectivity index (χ4v) is 6.27. The molecule has 2 fully saturated rings. The fraction of sp³-hybridized carbons (Fsp3) is 0.793. The van der Waals surface area contributed by atoms with Gasteiger partial charge < -0.3 is 0 Å². The number of rotatable bonds is 11. The van der Waals surface area contributed by atoms with Crippen LogP contribution < -0.4 is 0 Å². The van der Waals surface area contributed by atoms with E-state index in [1.165, 1.54) is 108 Å². The molecule has 0 amide bonds. The molecule has 1 unspecified atom stereocenters. The molecule has 1 aromatic rings. The van der Waals surface area contributed by atoms with Gasteiger partial charge in [-0.2, -0.15) is 0 Å². The third-order valence-electron chi connectivity index (χ3n) is 8.37. The van der Waals surface area contributed by atoms with Crippen LogP contribution in [0.3, 0.4) is 0 Å². The molecular weight excluding hydrogens is 348 g/mol. The summed E-state index contributed by atoms with van der Waals surface area (Å²) in [6, 6.07) is 9.59. The van der Waals surface area contributed by atoms with Crippen LogP contribution in [0.4, 0.5) is 0 Å². The highest BCUT2D eigenvalue weighted by Gasteiger charge is 2.26. The van der Waals surface area contributed by atoms with Gasteiger partial charge in [-0.3, -0.25) is 0 Å². The quantitative estimate of drug-likeness (QED) is 0.327. The molecule has 2 aliphatic rings. The van der Waals surface area contributed by atoms with Crippen molar-refractivity contribution >= 4 is 0 Å². The average molecular weight is 397 g/mol. The molecule has 0 heteroatoms. The molecule has 1 atom stereocenters. The maximum atomic E-state index is 2.43. The molecule has 3 rings (SSSR count). The first-order valence-corrected chi connectivity index (χ1v) is 13.4. The van der Waals surface area contributed by atoms with Crippen LogP contribution >= 0.6 is 0 Å². The van der Waals surface area contributed by atoms with Crippen LogP contribution in [0, 0.1) is 23.7 Å². The Labute approximate surface area is 182 Å². The van der Waals surface area contributed by atoms with Gasteiger partial charge in [0.25, 0.3) is 0 Å². The summed E-state index contributed by atoms with van der Waals surface area (Å²) in [5.74, 6) is 4.03. The second-order valence-electron chi connectivity index (χ2n) is 10.5. The SMILES string of the molecule is CCCCCC1CCC(CCC(Cc2ccc(CC)cc2)C2CCCCC2)CC1. The van der Waals surface area contributed by atoms with Crippen molar-refractivity contribution in [3.05, 3.63) is 35.4 Å². The van der Waals surface area contributed by atoms with E-state index >= 15 is 0 Å². The van der Waals surface area contributed by atoms with Gasteiger partial charge in [0.1, 0.15) is 0 Å². The van der Waals surface area contributed by atoms with E-state index in [2.05, 4.69) is 38.1 Å². The monoisotopic (exact) mass is 396 g/mol. The summed E-state index contributed by atoms with van der Waals surface area (Å²) in [7, 11) is 0. The van der Waals surface area contributed by atoms with Crippen molar-refractivity contribution in [3.63, 3.8) is 0 Å². The second kappa shape index (κ2) is 12.8. The average Bonchev–Trinajstić information content (AvgIpc) is 2.79. The molecule has 29 heavy (non-hydrogen) atoms. The van der Waals surface area contributed by atoms with E-state index in [1.807, 2.05) is 0 Å². The first-order valence-electron chi connectivity index (χ1n) is 13.4. The molecule has 0 aromatic heterocycles. The predicted octanol–water partition coefficient (Wildman–Crippen LogP) is 9.15. The van der Waals surface area contributed by atoms with Gasteiger partial charge in [0.15, 0.2) is 0 Å². The van der Waals surface area contributed by atoms with E-state index < -0.39 is 0 Å². The molecule has 164 valence electrons. The van der Waals surface area contributed by atoms with Crippen molar-refractivity contribution in [2.24, 2.45) is 23.7 Å². The molecule has 0 N–H and O–H groups in total. The lowest BCUT2D eigenvalue weighted by molar-refractivity contribution is 0.196. The smallest absolute Gasteiger partial charge is 0.0248 e. The van der Waals surface area contributed by atoms with Crippen molar-refractivity contribution in [2.75, 3.05) is 0 Å². The molecule has 0 nitrogen and oxygen atoms in total. The first kappa shape index (κ1) is 22.9. The number of unbranched alkanes of at least 4 members (excludes halogenated alkanes) is 2. The molecule has 2 saturated carbocycles. The number of hydrogen-bond donors (Lipinski definition) is 0. The van der Waals surface area contributed by atoms with Crippen molar-refractivity contribution in [1.82, 2.24) is 0 Å². The summed E-state index contributed by atoms with van der Waals surface area (Å²) in [6.07, 6.45) is 24.9. The Morgan fingerprint density at radius 1 is 0.724 bits per heavy atom. The van der Waals surface area contributed by atoms with Crippen LogP contribution in [0.25, 0.3) is 0 Å². The van der Waals surface area contributed by atoms with E-state index in [4.69, 9.17) is 0 Å². The molecule has 0 heterocycles.